The van der Waals surface area contributed by atoms with Crippen LogP contribution in [0.15, 0.2) is 29.5 Å². The number of aliphatic hydroxyl groups excluding tert-OH is 1. The second kappa shape index (κ2) is 15.0. The van der Waals surface area contributed by atoms with Crippen molar-refractivity contribution in [2.24, 2.45) is 4.99 Å². The van der Waals surface area contributed by atoms with Crippen molar-refractivity contribution in [3.05, 3.63) is 41.5 Å². The van der Waals surface area contributed by atoms with E-state index in [1.807, 2.05) is 27.0 Å². The number of aromatic hydroxyl groups is 2. The summed E-state index contributed by atoms with van der Waals surface area (Å²) in [6, 6.07) is 4.38. The first kappa shape index (κ1) is 27.1. The van der Waals surface area contributed by atoms with E-state index < -0.39 is 6.10 Å². The van der Waals surface area contributed by atoms with Crippen molar-refractivity contribution < 1.29 is 15.3 Å². The molecule has 0 saturated heterocycles. The van der Waals surface area contributed by atoms with Crippen LogP contribution in [0.5, 0.6) is 11.5 Å². The van der Waals surface area contributed by atoms with Crippen LogP contribution >= 0.6 is 11.8 Å². The first-order chi connectivity index (χ1) is 15.3. The molecule has 0 bridgehead atoms. The highest BCUT2D eigenvalue weighted by Gasteiger charge is 2.10. The number of H-pyrrole nitrogens is 1. The molecule has 0 aliphatic carbocycles. The van der Waals surface area contributed by atoms with Gasteiger partial charge in [-0.1, -0.05) is 13.8 Å². The number of nitrogens with one attached hydrogen (secondary N) is 4. The molecule has 0 saturated carbocycles. The molecule has 11 heteroatoms. The number of rotatable bonds is 9. The van der Waals surface area contributed by atoms with Gasteiger partial charge in [0, 0.05) is 49.4 Å². The number of aromatic nitrogens is 2. The van der Waals surface area contributed by atoms with Crippen LogP contribution in [0.4, 0.5) is 0 Å². The van der Waals surface area contributed by atoms with Crippen molar-refractivity contribution in [2.75, 3.05) is 25.9 Å². The van der Waals surface area contributed by atoms with Gasteiger partial charge in [-0.05, 0) is 24.6 Å². The number of guanidine groups is 1. The molecule has 32 heavy (non-hydrogen) atoms. The predicted octanol–water partition coefficient (Wildman–Crippen LogP) is 1.73. The van der Waals surface area contributed by atoms with Crippen LogP contribution in [-0.2, 0) is 5.75 Å². The number of nitrogens with zero attached hydrogens (tertiary/aromatic N) is 3. The van der Waals surface area contributed by atoms with Gasteiger partial charge in [0.1, 0.15) is 11.5 Å². The van der Waals surface area contributed by atoms with Crippen molar-refractivity contribution in [3.8, 4) is 17.7 Å². The third kappa shape index (κ3) is 10.9. The van der Waals surface area contributed by atoms with Crippen LogP contribution in [0.2, 0.25) is 0 Å². The molecule has 1 atom stereocenters. The summed E-state index contributed by atoms with van der Waals surface area (Å²) in [5.74, 6) is 2.23. The topological polar surface area (TPSA) is 162 Å². The lowest BCUT2D eigenvalue weighted by Crippen LogP contribution is -2.35. The summed E-state index contributed by atoms with van der Waals surface area (Å²) in [7, 11) is 1.63. The average molecular weight is 464 g/mol. The minimum Gasteiger partial charge on any atom is -0.508 e. The van der Waals surface area contributed by atoms with Crippen LogP contribution in [-0.4, -0.2) is 63.2 Å². The van der Waals surface area contributed by atoms with E-state index in [9.17, 15) is 15.3 Å². The van der Waals surface area contributed by atoms with E-state index in [0.29, 0.717) is 18.1 Å². The first-order valence-corrected chi connectivity index (χ1v) is 11.3. The molecule has 0 fully saturated rings. The molecule has 2 rings (SSSR count). The van der Waals surface area contributed by atoms with Gasteiger partial charge in [-0.25, -0.2) is 4.98 Å². The number of phenolic OH excluding ortho intramolecular Hbond substituents is 2. The van der Waals surface area contributed by atoms with E-state index >= 15 is 0 Å². The largest absolute Gasteiger partial charge is 0.508 e. The van der Waals surface area contributed by atoms with Gasteiger partial charge < -0.3 is 30.9 Å². The van der Waals surface area contributed by atoms with Crippen LogP contribution in [0.3, 0.4) is 0 Å². The summed E-state index contributed by atoms with van der Waals surface area (Å²) < 4.78 is 0. The fourth-order valence-electron chi connectivity index (χ4n) is 2.45. The zero-order valence-corrected chi connectivity index (χ0v) is 19.7. The van der Waals surface area contributed by atoms with Gasteiger partial charge in [-0.15, -0.1) is 0 Å². The van der Waals surface area contributed by atoms with Crippen LogP contribution in [0.25, 0.3) is 0 Å². The number of hydrogen-bond donors (Lipinski definition) is 7. The van der Waals surface area contributed by atoms with Gasteiger partial charge in [0.2, 0.25) is 5.96 Å². The Balaban J connectivity index is 0.000000323. The third-order valence-electron chi connectivity index (χ3n) is 4.14. The highest BCUT2D eigenvalue weighted by atomic mass is 32.2. The predicted molar refractivity (Wildman–Crippen MR) is 127 cm³/mol. The van der Waals surface area contributed by atoms with Gasteiger partial charge in [0.15, 0.2) is 6.19 Å². The van der Waals surface area contributed by atoms with Gasteiger partial charge in [0.05, 0.1) is 18.1 Å². The SMILES string of the molecule is CC(C)NCC(O)c1cc(O)cc(O)c1.CN=C(NC#N)NCCSCc1nc[nH]c1C. The lowest BCUT2D eigenvalue weighted by Gasteiger charge is -2.14. The molecule has 1 heterocycles. The van der Waals surface area contributed by atoms with Crippen LogP contribution in [0.1, 0.15) is 36.9 Å². The molecule has 7 N–H and O–H groups in total. The fourth-order valence-corrected chi connectivity index (χ4v) is 3.33. The molecule has 0 aliphatic rings. The second-order valence-corrected chi connectivity index (χ2v) is 8.23. The lowest BCUT2D eigenvalue weighted by atomic mass is 10.1. The molecular weight excluding hydrogens is 430 g/mol. The van der Waals surface area contributed by atoms with Crippen molar-refractivity contribution in [3.63, 3.8) is 0 Å². The molecule has 0 aliphatic heterocycles. The fraction of sp³-hybridized carbons (Fsp3) is 0.476. The third-order valence-corrected chi connectivity index (χ3v) is 5.11. The molecule has 176 valence electrons. The molecule has 0 amide bonds. The number of aromatic amines is 1. The number of aliphatic imine (C=N–C) groups is 1. The quantitative estimate of drug-likeness (QED) is 0.0965. The molecule has 10 nitrogen and oxygen atoms in total. The second-order valence-electron chi connectivity index (χ2n) is 7.12. The maximum Gasteiger partial charge on any atom is 0.204 e. The Morgan fingerprint density at radius 2 is 1.97 bits per heavy atom. The Labute approximate surface area is 193 Å². The highest BCUT2D eigenvalue weighted by Crippen LogP contribution is 2.24. The van der Waals surface area contributed by atoms with E-state index in [0.717, 1.165) is 29.4 Å². The first-order valence-electron chi connectivity index (χ1n) is 10.1. The van der Waals surface area contributed by atoms with E-state index in [1.165, 1.54) is 18.2 Å². The number of thioether (sulfide) groups is 1. The van der Waals surface area contributed by atoms with E-state index in [2.05, 4.69) is 30.9 Å². The summed E-state index contributed by atoms with van der Waals surface area (Å²) in [6.45, 7) is 7.12. The Kier molecular flexibility index (Phi) is 12.7. The molecular formula is C21H33N7O3S. The smallest absolute Gasteiger partial charge is 0.204 e. The van der Waals surface area contributed by atoms with Crippen molar-refractivity contribution in [1.82, 2.24) is 25.9 Å². The van der Waals surface area contributed by atoms with Gasteiger partial charge in [-0.3, -0.25) is 10.3 Å². The summed E-state index contributed by atoms with van der Waals surface area (Å²) in [6.07, 6.45) is 2.80. The minimum atomic E-state index is -0.731. The molecule has 1 aromatic carbocycles. The van der Waals surface area contributed by atoms with Crippen LogP contribution in [0, 0.1) is 18.4 Å². The molecule has 1 unspecified atom stereocenters. The normalized spacial score (nSPS) is 12.0. The van der Waals surface area contributed by atoms with Gasteiger partial charge in [-0.2, -0.15) is 17.0 Å². The maximum absolute atomic E-state index is 9.73. The van der Waals surface area contributed by atoms with Crippen molar-refractivity contribution in [2.45, 2.75) is 38.7 Å². The Morgan fingerprint density at radius 3 is 2.50 bits per heavy atom. The van der Waals surface area contributed by atoms with Gasteiger partial charge in [0.25, 0.3) is 0 Å². The Bertz CT molecular complexity index is 860. The van der Waals surface area contributed by atoms with Crippen LogP contribution < -0.4 is 16.0 Å². The number of nitriles is 1. The minimum absolute atomic E-state index is 0.0476. The number of aliphatic hydroxyl groups is 1. The zero-order valence-electron chi connectivity index (χ0n) is 18.9. The van der Waals surface area contributed by atoms with Crippen molar-refractivity contribution in [1.29, 1.82) is 5.26 Å². The molecule has 1 aromatic heterocycles. The average Bonchev–Trinajstić information content (AvgIpc) is 3.15. The summed E-state index contributed by atoms with van der Waals surface area (Å²) in [4.78, 5) is 11.2. The monoisotopic (exact) mass is 463 g/mol. The number of aryl methyl sites for hydroxylation is 1. The highest BCUT2D eigenvalue weighted by molar-refractivity contribution is 7.98. The Morgan fingerprint density at radius 1 is 1.28 bits per heavy atom. The number of benzene rings is 1. The number of phenols is 2. The summed E-state index contributed by atoms with van der Waals surface area (Å²) in [5.41, 5.74) is 2.71. The lowest BCUT2D eigenvalue weighted by molar-refractivity contribution is 0.171. The standard InChI is InChI=1S/C11H17NO3.C10H16N6S/c1-7(2)12-6-11(15)8-3-9(13)5-10(14)4-8;1-8-9(16-7-15-8)5-17-4-3-13-10(12-2)14-6-11/h3-5,7,11-15H,6H2,1-2H3;7H,3-5H2,1-2H3,(H,15,16)(H2,12,13,14). The zero-order chi connectivity index (χ0) is 23.9. The summed E-state index contributed by atoms with van der Waals surface area (Å²) >= 11 is 1.79. The van der Waals surface area contributed by atoms with Gasteiger partial charge >= 0.3 is 0 Å². The number of hydrogen-bond acceptors (Lipinski definition) is 8. The molecule has 0 radical (unpaired) electrons. The molecule has 2 aromatic rings. The summed E-state index contributed by atoms with van der Waals surface area (Å²) in [5, 5.41) is 45.2. The maximum atomic E-state index is 9.73. The molecule has 0 spiro atoms. The van der Waals surface area contributed by atoms with Crippen molar-refractivity contribution >= 4 is 17.7 Å². The Hall–Kier alpha value is -2.94. The number of imidazole rings is 1. The van der Waals surface area contributed by atoms with E-state index in [4.69, 9.17) is 5.26 Å². The van der Waals surface area contributed by atoms with E-state index in [-0.39, 0.29) is 17.5 Å². The van der Waals surface area contributed by atoms with E-state index in [1.54, 1.807) is 25.1 Å².